The fraction of sp³-hybridized carbons (Fsp3) is 0.483. The molecular weight excluding hydrogens is 488 g/mol. The molecule has 4 aliphatic heterocycles. The second-order valence-electron chi connectivity index (χ2n) is 11.4. The predicted octanol–water partition coefficient (Wildman–Crippen LogP) is 4.02. The van der Waals surface area contributed by atoms with Crippen LogP contribution >= 0.6 is 0 Å². The maximum atomic E-state index is 13.5. The van der Waals surface area contributed by atoms with E-state index in [1.807, 2.05) is 18.2 Å². The van der Waals surface area contributed by atoms with Crippen molar-refractivity contribution in [3.05, 3.63) is 59.7 Å². The lowest BCUT2D eigenvalue weighted by molar-refractivity contribution is -0.938. The smallest absolute Gasteiger partial charge is 0.408 e. The van der Waals surface area contributed by atoms with E-state index >= 15 is 0 Å². The van der Waals surface area contributed by atoms with Crippen molar-refractivity contribution in [1.29, 1.82) is 0 Å². The fourth-order valence-electron chi connectivity index (χ4n) is 5.61. The molecule has 0 spiro atoms. The van der Waals surface area contributed by atoms with Crippen molar-refractivity contribution in [3.63, 3.8) is 0 Å². The Hall–Kier alpha value is -3.59. The Bertz CT molecular complexity index is 1200. The first kappa shape index (κ1) is 26.0. The van der Waals surface area contributed by atoms with E-state index in [2.05, 4.69) is 5.32 Å². The standard InChI is InChI=1S/C29H34N2O7/c1-29(2,3)38-28(34)30-26(20-7-5-4-6-8-20)27(33)37-25-17-31(13-11-19(25)12-14-31)16-22(32)21-9-10-23-24(15-21)36-18-35-23/h4-10,15,19,25-26H,11-14,16-18H2,1-3H3/p+1/t19?,25-,26?,31?/m0/s1. The van der Waals surface area contributed by atoms with Crippen molar-refractivity contribution in [2.45, 2.75) is 51.4 Å². The summed E-state index contributed by atoms with van der Waals surface area (Å²) in [5.74, 6) is 0.970. The number of fused-ring (bicyclic) bond motifs is 4. The van der Waals surface area contributed by atoms with E-state index in [0.717, 1.165) is 25.9 Å². The number of quaternary nitrogens is 1. The molecule has 2 aromatic carbocycles. The Labute approximate surface area is 222 Å². The van der Waals surface area contributed by atoms with Gasteiger partial charge in [0, 0.05) is 24.3 Å². The number of hydrogen-bond acceptors (Lipinski definition) is 7. The molecule has 4 heterocycles. The van der Waals surface area contributed by atoms with Gasteiger partial charge in [-0.3, -0.25) is 4.79 Å². The highest BCUT2D eigenvalue weighted by Gasteiger charge is 2.49. The largest absolute Gasteiger partial charge is 0.454 e. The SMILES string of the molecule is CC(C)(C)OC(=O)NC(C(=O)O[C@H]1C[N+]2(CC(=O)c3ccc4c(c3)OCO4)CCC1CC2)c1ccccc1. The zero-order valence-corrected chi connectivity index (χ0v) is 22.1. The van der Waals surface area contributed by atoms with Gasteiger partial charge in [0.2, 0.25) is 12.6 Å². The Morgan fingerprint density at radius 1 is 1.03 bits per heavy atom. The normalized spacial score (nSPS) is 24.4. The monoisotopic (exact) mass is 523 g/mol. The van der Waals surface area contributed by atoms with E-state index in [1.54, 1.807) is 51.1 Å². The zero-order valence-electron chi connectivity index (χ0n) is 22.1. The summed E-state index contributed by atoms with van der Waals surface area (Å²) in [5, 5.41) is 2.69. The van der Waals surface area contributed by atoms with Gasteiger partial charge < -0.3 is 28.7 Å². The number of piperidine rings is 3. The number of Topliss-reactive ketones (excluding diaryl/α,β-unsaturated/α-hetero) is 1. The summed E-state index contributed by atoms with van der Waals surface area (Å²) in [7, 11) is 0. The van der Waals surface area contributed by atoms with E-state index in [9.17, 15) is 14.4 Å². The van der Waals surface area contributed by atoms with Gasteiger partial charge in [-0.15, -0.1) is 0 Å². The van der Waals surface area contributed by atoms with Crippen LogP contribution in [-0.4, -0.2) is 67.0 Å². The molecule has 2 atom stereocenters. The predicted molar refractivity (Wildman–Crippen MR) is 138 cm³/mol. The molecule has 0 aromatic heterocycles. The van der Waals surface area contributed by atoms with Crippen molar-refractivity contribution in [1.82, 2.24) is 5.32 Å². The molecule has 3 saturated heterocycles. The van der Waals surface area contributed by atoms with Crippen molar-refractivity contribution >= 4 is 17.8 Å². The number of carbonyl (C=O) groups excluding carboxylic acids is 3. The third-order valence-electron chi connectivity index (χ3n) is 7.51. The number of ether oxygens (including phenoxy) is 4. The number of hydrogen-bond donors (Lipinski definition) is 1. The first-order chi connectivity index (χ1) is 18.1. The van der Waals surface area contributed by atoms with E-state index in [0.29, 0.717) is 40.2 Å². The van der Waals surface area contributed by atoms with Gasteiger partial charge in [-0.05, 0) is 44.5 Å². The molecule has 202 valence electrons. The maximum Gasteiger partial charge on any atom is 0.408 e. The van der Waals surface area contributed by atoms with E-state index in [1.165, 1.54) is 0 Å². The van der Waals surface area contributed by atoms with Gasteiger partial charge in [-0.2, -0.15) is 0 Å². The molecule has 9 heteroatoms. The molecule has 0 saturated carbocycles. The van der Waals surface area contributed by atoms with Crippen LogP contribution in [0, 0.1) is 5.92 Å². The Kier molecular flexibility index (Phi) is 7.05. The molecule has 3 fully saturated rings. The summed E-state index contributed by atoms with van der Waals surface area (Å²) in [6.07, 6.45) is 0.736. The Morgan fingerprint density at radius 2 is 1.74 bits per heavy atom. The zero-order chi connectivity index (χ0) is 26.9. The molecule has 4 aliphatic rings. The van der Waals surface area contributed by atoms with Crippen LogP contribution in [0.2, 0.25) is 0 Å². The lowest BCUT2D eigenvalue weighted by Gasteiger charge is -2.51. The average molecular weight is 524 g/mol. The molecule has 0 radical (unpaired) electrons. The van der Waals surface area contributed by atoms with Gasteiger partial charge in [0.05, 0.1) is 13.1 Å². The van der Waals surface area contributed by atoms with Crippen LogP contribution in [0.3, 0.4) is 0 Å². The van der Waals surface area contributed by atoms with Crippen LogP contribution in [-0.2, 0) is 14.3 Å². The number of ketones is 1. The lowest BCUT2D eigenvalue weighted by atomic mass is 9.82. The van der Waals surface area contributed by atoms with Crippen molar-refractivity contribution in [2.75, 3.05) is 33.0 Å². The highest BCUT2D eigenvalue weighted by atomic mass is 16.7. The van der Waals surface area contributed by atoms with Gasteiger partial charge in [0.25, 0.3) is 0 Å². The van der Waals surface area contributed by atoms with E-state index < -0.39 is 23.7 Å². The molecule has 6 rings (SSSR count). The third kappa shape index (κ3) is 5.78. The third-order valence-corrected chi connectivity index (χ3v) is 7.51. The fourth-order valence-corrected chi connectivity index (χ4v) is 5.61. The minimum atomic E-state index is -0.995. The number of nitrogens with zero attached hydrogens (tertiary/aromatic N) is 1. The molecule has 1 amide bonds. The second-order valence-corrected chi connectivity index (χ2v) is 11.4. The first-order valence-corrected chi connectivity index (χ1v) is 13.1. The number of carbonyl (C=O) groups is 3. The van der Waals surface area contributed by atoms with Gasteiger partial charge in [0.15, 0.2) is 23.6 Å². The number of nitrogens with one attached hydrogen (secondary N) is 1. The number of alkyl carbamates (subject to hydrolysis) is 1. The van der Waals surface area contributed by atoms with Crippen LogP contribution in [0.1, 0.15) is 55.6 Å². The van der Waals surface area contributed by atoms with Gasteiger partial charge in [0.1, 0.15) is 18.7 Å². The molecule has 9 nitrogen and oxygen atoms in total. The maximum absolute atomic E-state index is 13.5. The summed E-state index contributed by atoms with van der Waals surface area (Å²) in [5.41, 5.74) is 0.506. The summed E-state index contributed by atoms with van der Waals surface area (Å²) >= 11 is 0. The van der Waals surface area contributed by atoms with Gasteiger partial charge in [-0.1, -0.05) is 30.3 Å². The van der Waals surface area contributed by atoms with Crippen molar-refractivity contribution in [2.24, 2.45) is 5.92 Å². The van der Waals surface area contributed by atoms with Crippen LogP contribution < -0.4 is 14.8 Å². The number of esters is 1. The molecule has 2 bridgehead atoms. The summed E-state index contributed by atoms with van der Waals surface area (Å²) in [6.45, 7) is 8.10. The van der Waals surface area contributed by atoms with Gasteiger partial charge >= 0.3 is 12.1 Å². The highest BCUT2D eigenvalue weighted by molar-refractivity contribution is 5.97. The van der Waals surface area contributed by atoms with Crippen molar-refractivity contribution in [3.8, 4) is 11.5 Å². The van der Waals surface area contributed by atoms with Crippen molar-refractivity contribution < 1.29 is 37.8 Å². The van der Waals surface area contributed by atoms with Crippen LogP contribution in [0.25, 0.3) is 0 Å². The molecule has 1 N–H and O–H groups in total. The van der Waals surface area contributed by atoms with Crippen LogP contribution in [0.15, 0.2) is 48.5 Å². The summed E-state index contributed by atoms with van der Waals surface area (Å²) < 4.78 is 22.8. The molecular formula is C29H35N2O7+. The Morgan fingerprint density at radius 3 is 2.45 bits per heavy atom. The quantitative estimate of drug-likeness (QED) is 0.332. The summed E-state index contributed by atoms with van der Waals surface area (Å²) in [6, 6.07) is 13.3. The first-order valence-electron chi connectivity index (χ1n) is 13.1. The average Bonchev–Trinajstić information content (AvgIpc) is 3.35. The number of benzene rings is 2. The molecule has 38 heavy (non-hydrogen) atoms. The van der Waals surface area contributed by atoms with Gasteiger partial charge in [-0.25, -0.2) is 9.59 Å². The molecule has 2 aromatic rings. The van der Waals surface area contributed by atoms with E-state index in [4.69, 9.17) is 18.9 Å². The lowest BCUT2D eigenvalue weighted by Crippen LogP contribution is -2.66. The number of amides is 1. The van der Waals surface area contributed by atoms with E-state index in [-0.39, 0.29) is 24.6 Å². The highest BCUT2D eigenvalue weighted by Crippen LogP contribution is 2.37. The second kappa shape index (κ2) is 10.3. The molecule has 0 aliphatic carbocycles. The summed E-state index contributed by atoms with van der Waals surface area (Å²) in [4.78, 5) is 39.3. The Balaban J connectivity index is 1.28. The van der Waals surface area contributed by atoms with Crippen LogP contribution in [0.5, 0.6) is 11.5 Å². The topological polar surface area (TPSA) is 100 Å². The van der Waals surface area contributed by atoms with Crippen LogP contribution in [0.4, 0.5) is 4.79 Å². The number of rotatable bonds is 7. The minimum absolute atomic E-state index is 0.0301. The minimum Gasteiger partial charge on any atom is -0.454 e. The molecule has 1 unspecified atom stereocenters.